The quantitative estimate of drug-likeness (QED) is 0.654. The summed E-state index contributed by atoms with van der Waals surface area (Å²) >= 11 is 0. The van der Waals surface area contributed by atoms with Gasteiger partial charge in [0.25, 0.3) is 0 Å². The van der Waals surface area contributed by atoms with E-state index in [-0.39, 0.29) is 13.3 Å². The van der Waals surface area contributed by atoms with Gasteiger partial charge in [-0.15, -0.1) is 0 Å². The Labute approximate surface area is 119 Å². The fourth-order valence-corrected chi connectivity index (χ4v) is 2.27. The maximum atomic E-state index is 12.1. The average molecular weight is 274 g/mol. The fraction of sp³-hybridized carbons (Fsp3) is 0.333. The van der Waals surface area contributed by atoms with Gasteiger partial charge >= 0.3 is 0 Å². The Hall–Kier alpha value is -1.70. The minimum atomic E-state index is -0.262. The Morgan fingerprint density at radius 2 is 0.900 bits per heavy atom. The van der Waals surface area contributed by atoms with E-state index in [1.165, 1.54) is 11.1 Å². The Kier molecular flexibility index (Phi) is 5.72. The maximum Gasteiger partial charge on any atom is 0.0897 e. The first-order valence-electron chi connectivity index (χ1n) is 7.13. The Balaban J connectivity index is 2.03. The molecule has 0 atom stereocenters. The summed E-state index contributed by atoms with van der Waals surface area (Å²) < 4.78 is 24.3. The smallest absolute Gasteiger partial charge is 0.0897 e. The third-order valence-corrected chi connectivity index (χ3v) is 3.44. The van der Waals surface area contributed by atoms with E-state index in [9.17, 15) is 8.78 Å². The minimum Gasteiger partial charge on any atom is -0.251 e. The van der Waals surface area contributed by atoms with Crippen molar-refractivity contribution in [3.8, 4) is 11.1 Å². The van der Waals surface area contributed by atoms with Gasteiger partial charge in [-0.05, 0) is 47.9 Å². The third-order valence-electron chi connectivity index (χ3n) is 3.44. The normalized spacial score (nSPS) is 10.7. The van der Waals surface area contributed by atoms with Crippen LogP contribution in [0.2, 0.25) is 0 Å². The molecule has 0 fully saturated rings. The van der Waals surface area contributed by atoms with Gasteiger partial charge in [0, 0.05) is 0 Å². The molecule has 0 saturated heterocycles. The van der Waals surface area contributed by atoms with Crippen LogP contribution in [0.3, 0.4) is 0 Å². The molecule has 0 aliphatic carbocycles. The molecule has 20 heavy (non-hydrogen) atoms. The highest BCUT2D eigenvalue weighted by Crippen LogP contribution is 2.21. The molecule has 0 N–H and O–H groups in total. The minimum absolute atomic E-state index is 0.262. The second kappa shape index (κ2) is 7.78. The first-order valence-corrected chi connectivity index (χ1v) is 7.13. The van der Waals surface area contributed by atoms with E-state index in [1.807, 2.05) is 0 Å². The number of halogens is 2. The summed E-state index contributed by atoms with van der Waals surface area (Å²) in [6, 6.07) is 16.5. The topological polar surface area (TPSA) is 0 Å². The Morgan fingerprint density at radius 1 is 0.550 bits per heavy atom. The van der Waals surface area contributed by atoms with Crippen molar-refractivity contribution in [2.45, 2.75) is 25.7 Å². The lowest BCUT2D eigenvalue weighted by Gasteiger charge is -2.05. The molecule has 0 amide bonds. The van der Waals surface area contributed by atoms with Gasteiger partial charge in [0.1, 0.15) is 0 Å². The van der Waals surface area contributed by atoms with E-state index >= 15 is 0 Å². The highest BCUT2D eigenvalue weighted by atomic mass is 19.1. The van der Waals surface area contributed by atoms with Crippen LogP contribution in [0.4, 0.5) is 8.78 Å². The maximum absolute atomic E-state index is 12.1. The molecule has 2 aromatic carbocycles. The zero-order valence-electron chi connectivity index (χ0n) is 11.6. The van der Waals surface area contributed by atoms with Crippen LogP contribution >= 0.6 is 0 Å². The molecule has 2 rings (SSSR count). The number of alkyl halides is 2. The van der Waals surface area contributed by atoms with Gasteiger partial charge in [0.2, 0.25) is 0 Å². The zero-order chi connectivity index (χ0) is 14.2. The summed E-state index contributed by atoms with van der Waals surface area (Å²) in [5, 5.41) is 0. The highest BCUT2D eigenvalue weighted by molar-refractivity contribution is 5.63. The van der Waals surface area contributed by atoms with E-state index < -0.39 is 0 Å². The van der Waals surface area contributed by atoms with Crippen molar-refractivity contribution < 1.29 is 8.78 Å². The fourth-order valence-electron chi connectivity index (χ4n) is 2.27. The van der Waals surface area contributed by atoms with Gasteiger partial charge in [0.15, 0.2) is 0 Å². The van der Waals surface area contributed by atoms with Crippen molar-refractivity contribution in [2.24, 2.45) is 0 Å². The van der Waals surface area contributed by atoms with E-state index in [4.69, 9.17) is 0 Å². The number of rotatable bonds is 7. The van der Waals surface area contributed by atoms with Gasteiger partial charge in [-0.25, -0.2) is 0 Å². The SMILES string of the molecule is FCCCc1ccc(-c2ccc(CCCF)cc2)cc1. The second-order valence-electron chi connectivity index (χ2n) is 4.98. The molecule has 0 bridgehead atoms. The van der Waals surface area contributed by atoms with E-state index in [0.717, 1.165) is 24.0 Å². The first-order chi connectivity index (χ1) is 9.83. The van der Waals surface area contributed by atoms with Crippen LogP contribution in [0, 0.1) is 0 Å². The number of benzene rings is 2. The molecule has 0 radical (unpaired) electrons. The highest BCUT2D eigenvalue weighted by Gasteiger charge is 2.00. The molecule has 0 saturated carbocycles. The van der Waals surface area contributed by atoms with Crippen molar-refractivity contribution in [3.63, 3.8) is 0 Å². The lowest BCUT2D eigenvalue weighted by atomic mass is 10.00. The van der Waals surface area contributed by atoms with Crippen LogP contribution in [0.15, 0.2) is 48.5 Å². The summed E-state index contributed by atoms with van der Waals surface area (Å²) in [4.78, 5) is 0. The largest absolute Gasteiger partial charge is 0.251 e. The third kappa shape index (κ3) is 4.16. The second-order valence-corrected chi connectivity index (χ2v) is 4.98. The summed E-state index contributed by atoms with van der Waals surface area (Å²) in [5.74, 6) is 0. The van der Waals surface area contributed by atoms with E-state index in [0.29, 0.717) is 12.8 Å². The van der Waals surface area contributed by atoms with Crippen LogP contribution in [0.25, 0.3) is 11.1 Å². The first kappa shape index (κ1) is 14.7. The van der Waals surface area contributed by atoms with Crippen LogP contribution in [0.1, 0.15) is 24.0 Å². The van der Waals surface area contributed by atoms with Gasteiger partial charge in [0.05, 0.1) is 13.3 Å². The molecular formula is C18H20F2. The summed E-state index contributed by atoms with van der Waals surface area (Å²) in [6.45, 7) is -0.524. The monoisotopic (exact) mass is 274 g/mol. The van der Waals surface area contributed by atoms with Gasteiger partial charge < -0.3 is 0 Å². The molecular weight excluding hydrogens is 254 g/mol. The standard InChI is InChI=1S/C18H20F2/c19-13-1-3-15-5-9-17(10-6-15)18-11-7-16(8-12-18)4-2-14-20/h5-12H,1-4,13-14H2. The molecule has 0 unspecified atom stereocenters. The predicted molar refractivity (Wildman–Crippen MR) is 80.5 cm³/mol. The van der Waals surface area contributed by atoms with Crippen molar-refractivity contribution in [3.05, 3.63) is 59.7 Å². The van der Waals surface area contributed by atoms with Crippen molar-refractivity contribution in [1.29, 1.82) is 0 Å². The van der Waals surface area contributed by atoms with Gasteiger partial charge in [-0.2, -0.15) is 0 Å². The van der Waals surface area contributed by atoms with Crippen molar-refractivity contribution in [2.75, 3.05) is 13.3 Å². The van der Waals surface area contributed by atoms with Crippen LogP contribution in [-0.2, 0) is 12.8 Å². The van der Waals surface area contributed by atoms with Crippen LogP contribution in [-0.4, -0.2) is 13.3 Å². The van der Waals surface area contributed by atoms with Crippen LogP contribution in [0.5, 0.6) is 0 Å². The summed E-state index contributed by atoms with van der Waals surface area (Å²) in [7, 11) is 0. The predicted octanol–water partition coefficient (Wildman–Crippen LogP) is 5.16. The molecule has 106 valence electrons. The molecule has 0 heterocycles. The summed E-state index contributed by atoms with van der Waals surface area (Å²) in [5.41, 5.74) is 4.66. The van der Waals surface area contributed by atoms with Crippen molar-refractivity contribution >= 4 is 0 Å². The molecule has 0 nitrogen and oxygen atoms in total. The number of aryl methyl sites for hydroxylation is 2. The van der Waals surface area contributed by atoms with Gasteiger partial charge in [-0.3, -0.25) is 8.78 Å². The lowest BCUT2D eigenvalue weighted by Crippen LogP contribution is -1.88. The summed E-state index contributed by atoms with van der Waals surface area (Å²) in [6.07, 6.45) is 2.75. The molecule has 0 aliphatic heterocycles. The van der Waals surface area contributed by atoms with E-state index in [2.05, 4.69) is 48.5 Å². The zero-order valence-corrected chi connectivity index (χ0v) is 11.6. The lowest BCUT2D eigenvalue weighted by molar-refractivity contribution is 0.473. The molecule has 0 aromatic heterocycles. The average Bonchev–Trinajstić information content (AvgIpc) is 2.52. The molecule has 2 aromatic rings. The van der Waals surface area contributed by atoms with Crippen LogP contribution < -0.4 is 0 Å². The van der Waals surface area contributed by atoms with Crippen molar-refractivity contribution in [1.82, 2.24) is 0 Å². The Morgan fingerprint density at radius 3 is 1.20 bits per heavy atom. The van der Waals surface area contributed by atoms with E-state index in [1.54, 1.807) is 0 Å². The Bertz CT molecular complexity index is 450. The number of hydrogen-bond donors (Lipinski definition) is 0. The van der Waals surface area contributed by atoms with Gasteiger partial charge in [-0.1, -0.05) is 48.5 Å². The number of hydrogen-bond acceptors (Lipinski definition) is 0. The molecule has 0 aliphatic rings. The molecule has 0 spiro atoms. The molecule has 2 heteroatoms.